The normalized spacial score (nSPS) is 10.7. The van der Waals surface area contributed by atoms with Crippen LogP contribution in [0.5, 0.6) is 0 Å². The summed E-state index contributed by atoms with van der Waals surface area (Å²) in [6.07, 6.45) is 0.0818. The quantitative estimate of drug-likeness (QED) is 0.467. The maximum atomic E-state index is 10.7. The lowest BCUT2D eigenvalue weighted by atomic mass is 10.2. The van der Waals surface area contributed by atoms with Crippen molar-refractivity contribution in [1.82, 2.24) is 0 Å². The molecule has 0 aliphatic rings. The van der Waals surface area contributed by atoms with Crippen molar-refractivity contribution in [3.8, 4) is 0 Å². The molecule has 0 atom stereocenters. The minimum Gasteiger partial charge on any atom is -0.441 e. The van der Waals surface area contributed by atoms with E-state index in [1.807, 2.05) is 0 Å². The molecule has 0 heterocycles. The van der Waals surface area contributed by atoms with Crippen LogP contribution in [0.3, 0.4) is 0 Å². The Balaban J connectivity index is 0. The van der Waals surface area contributed by atoms with Gasteiger partial charge in [0.2, 0.25) is 0 Å². The van der Waals surface area contributed by atoms with E-state index in [9.17, 15) is 9.59 Å². The number of alkyl halides is 1. The molecule has 0 fully saturated rings. The van der Waals surface area contributed by atoms with E-state index in [-0.39, 0.29) is 0 Å². The van der Waals surface area contributed by atoms with Gasteiger partial charge >= 0.3 is 6.09 Å². The van der Waals surface area contributed by atoms with Crippen LogP contribution < -0.4 is 0 Å². The van der Waals surface area contributed by atoms with E-state index in [1.54, 1.807) is 20.8 Å². The molecular formula is C10H19IN2O4. The lowest BCUT2D eigenvalue weighted by Gasteiger charge is -2.16. The van der Waals surface area contributed by atoms with Crippen LogP contribution in [0.25, 0.3) is 0 Å². The van der Waals surface area contributed by atoms with Gasteiger partial charge in [0.15, 0.2) is 0 Å². The fourth-order valence-corrected chi connectivity index (χ4v) is 0.794. The van der Waals surface area contributed by atoms with Crippen LogP contribution in [0.2, 0.25) is 0 Å². The van der Waals surface area contributed by atoms with Gasteiger partial charge in [-0.15, -0.1) is 5.11 Å². The summed E-state index contributed by atoms with van der Waals surface area (Å²) in [7, 11) is 0. The Morgan fingerprint density at radius 2 is 1.82 bits per heavy atom. The second-order valence-electron chi connectivity index (χ2n) is 3.97. The van der Waals surface area contributed by atoms with Crippen molar-refractivity contribution in [2.75, 3.05) is 11.0 Å². The molecule has 7 heteroatoms. The van der Waals surface area contributed by atoms with Gasteiger partial charge in [0, 0.05) is 18.0 Å². The lowest BCUT2D eigenvalue weighted by molar-refractivity contribution is -0.116. The number of hydrogen-bond acceptors (Lipinski definition) is 4. The van der Waals surface area contributed by atoms with Crippen molar-refractivity contribution in [2.45, 2.75) is 39.7 Å². The third-order valence-corrected chi connectivity index (χ3v) is 1.72. The van der Waals surface area contributed by atoms with Gasteiger partial charge in [-0.2, -0.15) is 0 Å². The van der Waals surface area contributed by atoms with E-state index in [2.05, 4.69) is 32.8 Å². The first-order chi connectivity index (χ1) is 7.72. The number of carbonyl (C=O) groups is 2. The van der Waals surface area contributed by atoms with E-state index >= 15 is 0 Å². The minimum atomic E-state index is -0.849. The molecule has 0 aliphatic carbocycles. The number of halogens is 1. The zero-order chi connectivity index (χ0) is 13.9. The van der Waals surface area contributed by atoms with Crippen molar-refractivity contribution >= 4 is 34.6 Å². The molecule has 0 aromatic carbocycles. The number of azo groups is 1. The monoisotopic (exact) mass is 358 g/mol. The van der Waals surface area contributed by atoms with Gasteiger partial charge in [-0.1, -0.05) is 27.7 Å². The molecule has 6 nitrogen and oxygen atoms in total. The molecule has 0 aromatic rings. The molecule has 0 radical (unpaired) electrons. The van der Waals surface area contributed by atoms with Gasteiger partial charge in [-0.3, -0.25) is 4.79 Å². The molecule has 0 spiro atoms. The number of hydrogen-bond donors (Lipinski definition) is 1. The highest BCUT2D eigenvalue weighted by molar-refractivity contribution is 14.1. The Bertz CT molecular complexity index is 260. The van der Waals surface area contributed by atoms with Crippen LogP contribution in [0.15, 0.2) is 10.2 Å². The second-order valence-corrected chi connectivity index (χ2v) is 5.04. The fraction of sp³-hybridized carbons (Fsp3) is 0.800. The van der Waals surface area contributed by atoms with Gasteiger partial charge in [-0.05, 0) is 27.2 Å². The summed E-state index contributed by atoms with van der Waals surface area (Å²) in [6, 6.07) is 0. The smallest absolute Gasteiger partial charge is 0.441 e. The van der Waals surface area contributed by atoms with Crippen LogP contribution in [0, 0.1) is 0 Å². The molecule has 2 amide bonds. The number of amides is 2. The minimum absolute atomic E-state index is 0.336. The summed E-state index contributed by atoms with van der Waals surface area (Å²) in [6.45, 7) is 6.65. The molecule has 1 N–H and O–H groups in total. The van der Waals surface area contributed by atoms with E-state index in [1.165, 1.54) is 6.92 Å². The molecule has 17 heavy (non-hydrogen) atoms. The van der Waals surface area contributed by atoms with Gasteiger partial charge in [0.1, 0.15) is 5.60 Å². The summed E-state index contributed by atoms with van der Waals surface area (Å²) in [5, 5.41) is 14.1. The van der Waals surface area contributed by atoms with E-state index < -0.39 is 17.6 Å². The summed E-state index contributed by atoms with van der Waals surface area (Å²) in [5.41, 5.74) is -0.604. The number of carbonyl (C=O) groups excluding carboxylic acids is 2. The zero-order valence-electron chi connectivity index (χ0n) is 10.6. The lowest BCUT2D eigenvalue weighted by Crippen LogP contribution is -2.21. The number of aliphatic hydroxyl groups excluding tert-OH is 1. The molecule has 0 aliphatic heterocycles. The van der Waals surface area contributed by atoms with Crippen LogP contribution >= 0.6 is 22.6 Å². The van der Waals surface area contributed by atoms with Crippen molar-refractivity contribution in [3.63, 3.8) is 0 Å². The summed E-state index contributed by atoms with van der Waals surface area (Å²) >= 11 is 2.23. The van der Waals surface area contributed by atoms with E-state index in [0.717, 1.165) is 10.8 Å². The van der Waals surface area contributed by atoms with Crippen LogP contribution in [-0.2, 0) is 9.53 Å². The van der Waals surface area contributed by atoms with Crippen molar-refractivity contribution < 1.29 is 19.4 Å². The van der Waals surface area contributed by atoms with Crippen LogP contribution in [0.1, 0.15) is 34.1 Å². The standard InChI is InChI=1S/C7H12N2O3.C3H7IO/c1-5(10)8-9-6(11)12-7(2,3)4;4-2-1-3-5/h1-4H3;5H,1-3H2. The highest BCUT2D eigenvalue weighted by Gasteiger charge is 2.15. The molecule has 0 rings (SSSR count). The molecule has 0 saturated carbocycles. The Morgan fingerprint density at radius 1 is 1.29 bits per heavy atom. The molecule has 0 saturated heterocycles. The number of aliphatic hydroxyl groups is 1. The van der Waals surface area contributed by atoms with Crippen molar-refractivity contribution in [3.05, 3.63) is 0 Å². The largest absolute Gasteiger partial charge is 0.453 e. The Morgan fingerprint density at radius 3 is 2.06 bits per heavy atom. The maximum Gasteiger partial charge on any atom is 0.453 e. The topological polar surface area (TPSA) is 88.3 Å². The first-order valence-corrected chi connectivity index (χ1v) is 6.57. The molecular weight excluding hydrogens is 339 g/mol. The summed E-state index contributed by atoms with van der Waals surface area (Å²) in [4.78, 5) is 21.0. The maximum absolute atomic E-state index is 10.7. The SMILES string of the molecule is CC(=O)N=NC(=O)OC(C)(C)C.OCCCI. The highest BCUT2D eigenvalue weighted by Crippen LogP contribution is 2.07. The number of ether oxygens (including phenoxy) is 1. The van der Waals surface area contributed by atoms with Gasteiger partial charge in [-0.25, -0.2) is 4.79 Å². The van der Waals surface area contributed by atoms with Gasteiger partial charge in [0.25, 0.3) is 5.91 Å². The Labute approximate surface area is 115 Å². The zero-order valence-corrected chi connectivity index (χ0v) is 12.7. The van der Waals surface area contributed by atoms with Crippen LogP contribution in [0.4, 0.5) is 4.79 Å². The molecule has 0 unspecified atom stereocenters. The number of nitrogens with zero attached hydrogens (tertiary/aromatic N) is 2. The second kappa shape index (κ2) is 10.6. The Hall–Kier alpha value is -0.570. The van der Waals surface area contributed by atoms with E-state index in [4.69, 9.17) is 9.84 Å². The third-order valence-electron chi connectivity index (χ3n) is 0.958. The fourth-order valence-electron chi connectivity index (χ4n) is 0.453. The third kappa shape index (κ3) is 21.3. The molecule has 100 valence electrons. The van der Waals surface area contributed by atoms with Crippen molar-refractivity contribution in [1.29, 1.82) is 0 Å². The molecule has 0 bridgehead atoms. The van der Waals surface area contributed by atoms with Crippen LogP contribution in [-0.4, -0.2) is 33.7 Å². The summed E-state index contributed by atoms with van der Waals surface area (Å²) in [5.74, 6) is -0.527. The van der Waals surface area contributed by atoms with Crippen molar-refractivity contribution in [2.24, 2.45) is 10.2 Å². The predicted molar refractivity (Wildman–Crippen MR) is 72.4 cm³/mol. The Kier molecular flexibility index (Phi) is 11.7. The molecule has 0 aromatic heterocycles. The summed E-state index contributed by atoms with van der Waals surface area (Å²) < 4.78 is 5.80. The van der Waals surface area contributed by atoms with E-state index in [0.29, 0.717) is 6.61 Å². The van der Waals surface area contributed by atoms with Gasteiger partial charge in [0.05, 0.1) is 0 Å². The average Bonchev–Trinajstić information content (AvgIpc) is 2.14. The number of rotatable bonds is 2. The predicted octanol–water partition coefficient (Wildman–Crippen LogP) is 2.72. The van der Waals surface area contributed by atoms with Gasteiger partial charge < -0.3 is 9.84 Å². The highest BCUT2D eigenvalue weighted by atomic mass is 127. The first-order valence-electron chi connectivity index (χ1n) is 5.05. The average molecular weight is 358 g/mol. The first kappa shape index (κ1) is 18.8.